The number of carbonyl (C=O) groups excluding carboxylic acids is 1. The number of amides is 1. The maximum absolute atomic E-state index is 13.2. The zero-order valence-corrected chi connectivity index (χ0v) is 18.3. The molecule has 2 aliphatic heterocycles. The summed E-state index contributed by atoms with van der Waals surface area (Å²) in [6.07, 6.45) is 3.74. The number of nitrogens with zero attached hydrogens (tertiary/aromatic N) is 5. The fourth-order valence-electron chi connectivity index (χ4n) is 4.10. The number of aromatic nitrogens is 2. The van der Waals surface area contributed by atoms with E-state index in [4.69, 9.17) is 21.3 Å². The first-order chi connectivity index (χ1) is 14.5. The second-order valence-corrected chi connectivity index (χ2v) is 8.44. The summed E-state index contributed by atoms with van der Waals surface area (Å²) >= 11 is 6.09. The highest BCUT2D eigenvalue weighted by molar-refractivity contribution is 6.30. The van der Waals surface area contributed by atoms with Gasteiger partial charge in [0.1, 0.15) is 0 Å². The summed E-state index contributed by atoms with van der Waals surface area (Å²) in [6, 6.07) is 7.65. The average Bonchev–Trinajstić information content (AvgIpc) is 3.24. The summed E-state index contributed by atoms with van der Waals surface area (Å²) < 4.78 is 5.41. The first kappa shape index (κ1) is 21.0. The lowest BCUT2D eigenvalue weighted by Gasteiger charge is -2.31. The van der Waals surface area contributed by atoms with Gasteiger partial charge in [-0.25, -0.2) is 9.97 Å². The highest BCUT2D eigenvalue weighted by Gasteiger charge is 2.34. The monoisotopic (exact) mass is 429 g/mol. The molecule has 3 heterocycles. The van der Waals surface area contributed by atoms with Crippen LogP contribution in [-0.4, -0.2) is 79.2 Å². The summed E-state index contributed by atoms with van der Waals surface area (Å²) in [6.45, 7) is 4.18. The summed E-state index contributed by atoms with van der Waals surface area (Å²) in [5.41, 5.74) is 2.87. The van der Waals surface area contributed by atoms with Crippen LogP contribution in [-0.2, 0) is 9.53 Å². The molecule has 2 saturated heterocycles. The van der Waals surface area contributed by atoms with Crippen molar-refractivity contribution in [3.05, 3.63) is 41.2 Å². The van der Waals surface area contributed by atoms with Crippen molar-refractivity contribution in [3.63, 3.8) is 0 Å². The number of hydrogen-bond acceptors (Lipinski definition) is 6. The van der Waals surface area contributed by atoms with E-state index in [-0.39, 0.29) is 11.9 Å². The van der Waals surface area contributed by atoms with Crippen molar-refractivity contribution in [1.29, 1.82) is 0 Å². The van der Waals surface area contributed by atoms with Gasteiger partial charge >= 0.3 is 0 Å². The fourth-order valence-corrected chi connectivity index (χ4v) is 4.22. The molecule has 30 heavy (non-hydrogen) atoms. The highest BCUT2D eigenvalue weighted by Crippen LogP contribution is 2.37. The van der Waals surface area contributed by atoms with Crippen LogP contribution in [0.1, 0.15) is 24.6 Å². The molecule has 1 aromatic heterocycles. The smallest absolute Gasteiger partial charge is 0.237 e. The van der Waals surface area contributed by atoms with Gasteiger partial charge in [0.25, 0.3) is 0 Å². The number of benzene rings is 1. The standard InChI is InChI=1S/C22H28ClN5O2/c1-26(2)22-24-14-18(16-5-7-17(23)8-6-16)21(25-22)19-4-3-9-28(19)20(29)15-27-10-12-30-13-11-27/h5-8,14,19H,3-4,9-13,15H2,1-2H3/t19-/m1/s1. The Balaban J connectivity index is 1.65. The van der Waals surface area contributed by atoms with Crippen molar-refractivity contribution in [1.82, 2.24) is 19.8 Å². The van der Waals surface area contributed by atoms with Crippen LogP contribution in [0.5, 0.6) is 0 Å². The largest absolute Gasteiger partial charge is 0.379 e. The molecule has 0 spiro atoms. The summed E-state index contributed by atoms with van der Waals surface area (Å²) in [5, 5.41) is 0.689. The number of ether oxygens (including phenoxy) is 1. The van der Waals surface area contributed by atoms with Crippen LogP contribution in [0.2, 0.25) is 5.02 Å². The predicted molar refractivity (Wildman–Crippen MR) is 118 cm³/mol. The number of morpholine rings is 1. The lowest BCUT2D eigenvalue weighted by molar-refractivity contribution is -0.134. The maximum Gasteiger partial charge on any atom is 0.237 e. The Bertz CT molecular complexity index is 884. The van der Waals surface area contributed by atoms with Crippen molar-refractivity contribution < 1.29 is 9.53 Å². The second kappa shape index (κ2) is 9.29. The third-order valence-electron chi connectivity index (χ3n) is 5.71. The Morgan fingerprint density at radius 3 is 2.63 bits per heavy atom. The van der Waals surface area contributed by atoms with E-state index in [0.29, 0.717) is 30.7 Å². The Labute approximate surface area is 182 Å². The zero-order chi connectivity index (χ0) is 21.1. The van der Waals surface area contributed by atoms with Crippen molar-refractivity contribution in [3.8, 4) is 11.1 Å². The third-order valence-corrected chi connectivity index (χ3v) is 5.96. The predicted octanol–water partition coefficient (Wildman–Crippen LogP) is 2.86. The summed E-state index contributed by atoms with van der Waals surface area (Å²) in [5.74, 6) is 0.807. The number of anilines is 1. The maximum atomic E-state index is 13.2. The number of carbonyl (C=O) groups is 1. The topological polar surface area (TPSA) is 61.8 Å². The minimum Gasteiger partial charge on any atom is -0.379 e. The molecule has 0 radical (unpaired) electrons. The van der Waals surface area contributed by atoms with E-state index in [9.17, 15) is 4.79 Å². The van der Waals surface area contributed by atoms with Gasteiger partial charge in [0.05, 0.1) is 31.5 Å². The minimum absolute atomic E-state index is 0.0501. The quantitative estimate of drug-likeness (QED) is 0.728. The van der Waals surface area contributed by atoms with E-state index < -0.39 is 0 Å². The van der Waals surface area contributed by atoms with Gasteiger partial charge in [-0.2, -0.15) is 0 Å². The van der Waals surface area contributed by atoms with Gasteiger partial charge in [0.15, 0.2) is 0 Å². The molecule has 2 aromatic rings. The van der Waals surface area contributed by atoms with Gasteiger partial charge < -0.3 is 14.5 Å². The van der Waals surface area contributed by atoms with Gasteiger partial charge in [-0.1, -0.05) is 23.7 Å². The van der Waals surface area contributed by atoms with Crippen LogP contribution in [0.3, 0.4) is 0 Å². The first-order valence-corrected chi connectivity index (χ1v) is 10.8. The lowest BCUT2D eigenvalue weighted by atomic mass is 10.00. The lowest BCUT2D eigenvalue weighted by Crippen LogP contribution is -2.44. The van der Waals surface area contributed by atoms with Crippen LogP contribution < -0.4 is 4.90 Å². The number of likely N-dealkylation sites (tertiary alicyclic amines) is 1. The average molecular weight is 430 g/mol. The zero-order valence-electron chi connectivity index (χ0n) is 17.6. The molecule has 1 amide bonds. The SMILES string of the molecule is CN(C)c1ncc(-c2ccc(Cl)cc2)c([C@H]2CCCN2C(=O)CN2CCOCC2)n1. The number of halogens is 1. The normalized spacial score (nSPS) is 19.8. The van der Waals surface area contributed by atoms with E-state index in [1.165, 1.54) is 0 Å². The minimum atomic E-state index is -0.0501. The summed E-state index contributed by atoms with van der Waals surface area (Å²) in [4.78, 5) is 28.7. The van der Waals surface area contributed by atoms with Crippen LogP contribution in [0.15, 0.2) is 30.5 Å². The molecule has 8 heteroatoms. The van der Waals surface area contributed by atoms with Gasteiger partial charge in [0, 0.05) is 50.5 Å². The van der Waals surface area contributed by atoms with Crippen LogP contribution in [0, 0.1) is 0 Å². The van der Waals surface area contributed by atoms with Crippen molar-refractivity contribution in [2.75, 3.05) is 58.4 Å². The molecule has 0 saturated carbocycles. The molecule has 160 valence electrons. The first-order valence-electron chi connectivity index (χ1n) is 10.4. The van der Waals surface area contributed by atoms with Gasteiger partial charge in [0.2, 0.25) is 11.9 Å². The van der Waals surface area contributed by atoms with E-state index in [2.05, 4.69) is 9.88 Å². The molecule has 7 nitrogen and oxygen atoms in total. The molecule has 4 rings (SSSR count). The van der Waals surface area contributed by atoms with E-state index in [1.807, 2.05) is 54.4 Å². The third kappa shape index (κ3) is 4.58. The van der Waals surface area contributed by atoms with E-state index in [0.717, 1.165) is 49.3 Å². The molecule has 2 aliphatic rings. The van der Waals surface area contributed by atoms with Crippen molar-refractivity contribution >= 4 is 23.5 Å². The van der Waals surface area contributed by atoms with Gasteiger partial charge in [-0.05, 0) is 30.5 Å². The van der Waals surface area contributed by atoms with Gasteiger partial charge in [-0.15, -0.1) is 0 Å². The number of rotatable bonds is 5. The number of hydrogen-bond donors (Lipinski definition) is 0. The Kier molecular flexibility index (Phi) is 6.51. The highest BCUT2D eigenvalue weighted by atomic mass is 35.5. The Morgan fingerprint density at radius 1 is 1.20 bits per heavy atom. The Hall–Kier alpha value is -2.22. The molecule has 0 bridgehead atoms. The van der Waals surface area contributed by atoms with Crippen LogP contribution in [0.25, 0.3) is 11.1 Å². The fraction of sp³-hybridized carbons (Fsp3) is 0.500. The Morgan fingerprint density at radius 2 is 1.93 bits per heavy atom. The molecule has 0 unspecified atom stereocenters. The van der Waals surface area contributed by atoms with Crippen molar-refractivity contribution in [2.45, 2.75) is 18.9 Å². The van der Waals surface area contributed by atoms with E-state index >= 15 is 0 Å². The van der Waals surface area contributed by atoms with Gasteiger partial charge in [-0.3, -0.25) is 9.69 Å². The van der Waals surface area contributed by atoms with Crippen LogP contribution in [0.4, 0.5) is 5.95 Å². The molecule has 0 aliphatic carbocycles. The molecular formula is C22H28ClN5O2. The summed E-state index contributed by atoms with van der Waals surface area (Å²) in [7, 11) is 3.86. The van der Waals surface area contributed by atoms with Crippen molar-refractivity contribution in [2.24, 2.45) is 0 Å². The molecule has 1 aromatic carbocycles. The second-order valence-electron chi connectivity index (χ2n) is 8.00. The molecule has 2 fully saturated rings. The molecular weight excluding hydrogens is 402 g/mol. The molecule has 0 N–H and O–H groups in total. The van der Waals surface area contributed by atoms with Crippen LogP contribution >= 0.6 is 11.6 Å². The molecule has 1 atom stereocenters. The van der Waals surface area contributed by atoms with E-state index in [1.54, 1.807) is 0 Å².